The fourth-order valence-electron chi connectivity index (χ4n) is 2.89. The van der Waals surface area contributed by atoms with Crippen LogP contribution in [0.25, 0.3) is 0 Å². The number of hydrogen-bond donors (Lipinski definition) is 1. The van der Waals surface area contributed by atoms with Gasteiger partial charge in [0, 0.05) is 19.1 Å². The lowest BCUT2D eigenvalue weighted by atomic mass is 9.98. The Morgan fingerprint density at radius 1 is 1.33 bits per heavy atom. The van der Waals surface area contributed by atoms with Crippen LogP contribution >= 0.6 is 0 Å². The number of benzene rings is 1. The Morgan fingerprint density at radius 2 is 2.17 bits per heavy atom. The first-order valence-electron chi connectivity index (χ1n) is 6.96. The highest BCUT2D eigenvalue weighted by molar-refractivity contribution is 5.27. The summed E-state index contributed by atoms with van der Waals surface area (Å²) in [5, 5.41) is 0. The molecule has 0 radical (unpaired) electrons. The highest BCUT2D eigenvalue weighted by atomic mass is 19.1. The monoisotopic (exact) mass is 250 g/mol. The molecule has 2 rings (SSSR count). The third-order valence-corrected chi connectivity index (χ3v) is 3.98. The number of likely N-dealkylation sites (tertiary alicyclic amines) is 1. The summed E-state index contributed by atoms with van der Waals surface area (Å²) in [7, 11) is 0. The second-order valence-electron chi connectivity index (χ2n) is 5.15. The van der Waals surface area contributed by atoms with Crippen LogP contribution in [0.15, 0.2) is 18.2 Å². The van der Waals surface area contributed by atoms with E-state index in [0.717, 1.165) is 24.2 Å². The van der Waals surface area contributed by atoms with Crippen LogP contribution in [-0.4, -0.2) is 17.5 Å². The largest absolute Gasteiger partial charge is 0.326 e. The number of rotatable bonds is 4. The van der Waals surface area contributed by atoms with Crippen molar-refractivity contribution in [1.29, 1.82) is 0 Å². The summed E-state index contributed by atoms with van der Waals surface area (Å²) in [6.07, 6.45) is 5.02. The van der Waals surface area contributed by atoms with Crippen LogP contribution in [0.3, 0.4) is 0 Å². The maximum absolute atomic E-state index is 13.4. The molecule has 3 heteroatoms. The fourth-order valence-corrected chi connectivity index (χ4v) is 2.89. The lowest BCUT2D eigenvalue weighted by molar-refractivity contribution is 0.135. The quantitative estimate of drug-likeness (QED) is 0.890. The van der Waals surface area contributed by atoms with Gasteiger partial charge < -0.3 is 5.73 Å². The van der Waals surface area contributed by atoms with Crippen LogP contribution in [0.4, 0.5) is 4.39 Å². The normalized spacial score (nSPS) is 21.2. The Morgan fingerprint density at radius 3 is 2.89 bits per heavy atom. The van der Waals surface area contributed by atoms with E-state index in [1.165, 1.54) is 31.7 Å². The summed E-state index contributed by atoms with van der Waals surface area (Å²) < 4.78 is 13.4. The minimum Gasteiger partial charge on any atom is -0.326 e. The van der Waals surface area contributed by atoms with E-state index in [4.69, 9.17) is 5.73 Å². The molecule has 1 saturated heterocycles. The Hall–Kier alpha value is -0.930. The van der Waals surface area contributed by atoms with Gasteiger partial charge in [0.05, 0.1) is 0 Å². The van der Waals surface area contributed by atoms with Gasteiger partial charge in [-0.25, -0.2) is 4.39 Å². The van der Waals surface area contributed by atoms with Gasteiger partial charge in [-0.3, -0.25) is 4.90 Å². The first-order chi connectivity index (χ1) is 8.74. The maximum atomic E-state index is 13.4. The summed E-state index contributed by atoms with van der Waals surface area (Å²) in [5.74, 6) is -0.160. The molecule has 0 spiro atoms. The number of hydrogen-bond acceptors (Lipinski definition) is 2. The highest BCUT2D eigenvalue weighted by Crippen LogP contribution is 2.23. The zero-order valence-corrected chi connectivity index (χ0v) is 11.2. The fraction of sp³-hybridized carbons (Fsp3) is 0.600. The number of nitrogens with two attached hydrogens (primary N) is 1. The molecule has 1 aromatic carbocycles. The molecule has 2 nitrogen and oxygen atoms in total. The van der Waals surface area contributed by atoms with Crippen molar-refractivity contribution >= 4 is 0 Å². The van der Waals surface area contributed by atoms with E-state index in [1.807, 2.05) is 6.07 Å². The number of piperidine rings is 1. The van der Waals surface area contributed by atoms with E-state index in [-0.39, 0.29) is 5.82 Å². The van der Waals surface area contributed by atoms with Crippen molar-refractivity contribution in [3.8, 4) is 0 Å². The lowest BCUT2D eigenvalue weighted by Crippen LogP contribution is -2.38. The van der Waals surface area contributed by atoms with Gasteiger partial charge in [-0.2, -0.15) is 0 Å². The SMILES string of the molecule is CCC1CCCCN1Cc1cc(F)ccc1CN. The minimum absolute atomic E-state index is 0.160. The van der Waals surface area contributed by atoms with Gasteiger partial charge in [0.1, 0.15) is 5.82 Å². The highest BCUT2D eigenvalue weighted by Gasteiger charge is 2.21. The molecule has 0 amide bonds. The first kappa shape index (κ1) is 13.5. The molecule has 0 aliphatic carbocycles. The average Bonchev–Trinajstić information content (AvgIpc) is 2.40. The van der Waals surface area contributed by atoms with Crippen molar-refractivity contribution in [2.24, 2.45) is 5.73 Å². The smallest absolute Gasteiger partial charge is 0.123 e. The number of nitrogens with zero attached hydrogens (tertiary/aromatic N) is 1. The number of halogens is 1. The lowest BCUT2D eigenvalue weighted by Gasteiger charge is -2.35. The van der Waals surface area contributed by atoms with Gasteiger partial charge in [0.25, 0.3) is 0 Å². The third kappa shape index (κ3) is 3.09. The second kappa shape index (κ2) is 6.30. The maximum Gasteiger partial charge on any atom is 0.123 e. The first-order valence-corrected chi connectivity index (χ1v) is 6.96. The Labute approximate surface area is 109 Å². The van der Waals surface area contributed by atoms with Crippen molar-refractivity contribution in [2.45, 2.75) is 51.7 Å². The Balaban J connectivity index is 2.14. The van der Waals surface area contributed by atoms with Gasteiger partial charge in [-0.05, 0) is 49.1 Å². The summed E-state index contributed by atoms with van der Waals surface area (Å²) in [4.78, 5) is 2.48. The van der Waals surface area contributed by atoms with Crippen LogP contribution < -0.4 is 5.73 Å². The zero-order valence-electron chi connectivity index (χ0n) is 11.2. The molecule has 0 bridgehead atoms. The molecule has 2 N–H and O–H groups in total. The molecule has 1 aliphatic rings. The summed E-state index contributed by atoms with van der Waals surface area (Å²) in [6, 6.07) is 5.60. The third-order valence-electron chi connectivity index (χ3n) is 3.98. The van der Waals surface area contributed by atoms with Crippen LogP contribution in [0.1, 0.15) is 43.7 Å². The van der Waals surface area contributed by atoms with Crippen LogP contribution in [0, 0.1) is 5.82 Å². The van der Waals surface area contributed by atoms with Crippen molar-refractivity contribution in [2.75, 3.05) is 6.54 Å². The molecule has 18 heavy (non-hydrogen) atoms. The predicted octanol–water partition coefficient (Wildman–Crippen LogP) is 3.05. The van der Waals surface area contributed by atoms with Crippen molar-refractivity contribution in [1.82, 2.24) is 4.90 Å². The zero-order chi connectivity index (χ0) is 13.0. The van der Waals surface area contributed by atoms with Crippen LogP contribution in [0.2, 0.25) is 0 Å². The van der Waals surface area contributed by atoms with E-state index in [9.17, 15) is 4.39 Å². The summed E-state index contributed by atoms with van der Waals surface area (Å²) in [5.41, 5.74) is 7.85. The van der Waals surface area contributed by atoms with Crippen molar-refractivity contribution < 1.29 is 4.39 Å². The molecule has 1 unspecified atom stereocenters. The van der Waals surface area contributed by atoms with Gasteiger partial charge in [0.2, 0.25) is 0 Å². The minimum atomic E-state index is -0.160. The van der Waals surface area contributed by atoms with E-state index in [0.29, 0.717) is 12.6 Å². The molecule has 1 heterocycles. The van der Waals surface area contributed by atoms with Crippen molar-refractivity contribution in [3.63, 3.8) is 0 Å². The standard InChI is InChI=1S/C15H23FN2/c1-2-15-5-3-4-8-18(15)11-13-9-14(16)7-6-12(13)10-17/h6-7,9,15H,2-5,8,10-11,17H2,1H3. The van der Waals surface area contributed by atoms with E-state index in [2.05, 4.69) is 11.8 Å². The van der Waals surface area contributed by atoms with Crippen molar-refractivity contribution in [3.05, 3.63) is 35.1 Å². The molecule has 0 aromatic heterocycles. The summed E-state index contributed by atoms with van der Waals surface area (Å²) in [6.45, 7) is 4.68. The van der Waals surface area contributed by atoms with Gasteiger partial charge in [-0.15, -0.1) is 0 Å². The molecule has 1 aromatic rings. The molecule has 100 valence electrons. The van der Waals surface area contributed by atoms with E-state index in [1.54, 1.807) is 6.07 Å². The van der Waals surface area contributed by atoms with E-state index < -0.39 is 0 Å². The van der Waals surface area contributed by atoms with Crippen LogP contribution in [0.5, 0.6) is 0 Å². The summed E-state index contributed by atoms with van der Waals surface area (Å²) >= 11 is 0. The predicted molar refractivity (Wildman–Crippen MR) is 72.6 cm³/mol. The van der Waals surface area contributed by atoms with Gasteiger partial charge in [-0.1, -0.05) is 19.4 Å². The Kier molecular flexibility index (Phi) is 4.72. The topological polar surface area (TPSA) is 29.3 Å². The van der Waals surface area contributed by atoms with Crippen LogP contribution in [-0.2, 0) is 13.1 Å². The molecule has 0 saturated carbocycles. The van der Waals surface area contributed by atoms with E-state index >= 15 is 0 Å². The second-order valence-corrected chi connectivity index (χ2v) is 5.15. The Bertz CT molecular complexity index is 392. The van der Waals surface area contributed by atoms with Gasteiger partial charge >= 0.3 is 0 Å². The molecule has 1 aliphatic heterocycles. The molecular formula is C15H23FN2. The molecular weight excluding hydrogens is 227 g/mol. The van der Waals surface area contributed by atoms with Gasteiger partial charge in [0.15, 0.2) is 0 Å². The molecule has 1 fully saturated rings. The average molecular weight is 250 g/mol. The molecule has 1 atom stereocenters.